The predicted octanol–water partition coefficient (Wildman–Crippen LogP) is 4.33. The van der Waals surface area contributed by atoms with E-state index in [1.165, 1.54) is 25.1 Å². The van der Waals surface area contributed by atoms with Gasteiger partial charge in [0.05, 0.1) is 26.2 Å². The minimum Gasteiger partial charge on any atom is -0.487 e. The molecular weight excluding hydrogens is 418 g/mol. The first-order valence-electron chi connectivity index (χ1n) is 8.36. The van der Waals surface area contributed by atoms with Crippen molar-refractivity contribution in [3.63, 3.8) is 0 Å². The van der Waals surface area contributed by atoms with Gasteiger partial charge in [-0.25, -0.2) is 8.42 Å². The molecule has 0 saturated carbocycles. The molecule has 0 spiro atoms. The van der Waals surface area contributed by atoms with Gasteiger partial charge in [-0.3, -0.25) is 19.8 Å². The smallest absolute Gasteiger partial charge is 0.275 e. The predicted molar refractivity (Wildman–Crippen MR) is 109 cm³/mol. The quantitative estimate of drug-likeness (QED) is 0.438. The van der Waals surface area contributed by atoms with Crippen LogP contribution in [0.4, 0.5) is 11.4 Å². The van der Waals surface area contributed by atoms with Crippen LogP contribution in [-0.4, -0.2) is 18.3 Å². The van der Waals surface area contributed by atoms with Crippen molar-refractivity contribution in [3.05, 3.63) is 87.2 Å². The van der Waals surface area contributed by atoms with Crippen molar-refractivity contribution in [2.75, 3.05) is 4.72 Å². The van der Waals surface area contributed by atoms with Crippen LogP contribution in [0.3, 0.4) is 0 Å². The third-order valence-corrected chi connectivity index (χ3v) is 5.75. The van der Waals surface area contributed by atoms with Gasteiger partial charge in [-0.05, 0) is 37.3 Å². The van der Waals surface area contributed by atoms with E-state index in [1.54, 1.807) is 30.5 Å². The summed E-state index contributed by atoms with van der Waals surface area (Å²) in [5.41, 5.74) is 0.786. The Morgan fingerprint density at radius 1 is 1.17 bits per heavy atom. The molecule has 1 heterocycles. The van der Waals surface area contributed by atoms with Crippen LogP contribution in [0.5, 0.6) is 5.75 Å². The first-order valence-corrected chi connectivity index (χ1v) is 10.2. The summed E-state index contributed by atoms with van der Waals surface area (Å²) >= 11 is 5.97. The van der Waals surface area contributed by atoms with Gasteiger partial charge in [0, 0.05) is 23.9 Å². The highest BCUT2D eigenvalue weighted by atomic mass is 35.5. The number of sulfonamides is 1. The Labute approximate surface area is 172 Å². The molecule has 0 radical (unpaired) electrons. The number of hydrogen-bond donors (Lipinski definition) is 1. The fourth-order valence-electron chi connectivity index (χ4n) is 2.49. The Morgan fingerprint density at radius 2 is 1.97 bits per heavy atom. The van der Waals surface area contributed by atoms with Gasteiger partial charge in [-0.15, -0.1) is 0 Å². The van der Waals surface area contributed by atoms with Crippen molar-refractivity contribution in [2.24, 2.45) is 0 Å². The van der Waals surface area contributed by atoms with Gasteiger partial charge in [0.25, 0.3) is 15.7 Å². The molecule has 1 aromatic heterocycles. The SMILES string of the molecule is Cc1c(Cl)cc(S(=O)(=O)Nc2cccc(OCc3ccccn3)c2)cc1[N+](=O)[O-]. The lowest BCUT2D eigenvalue weighted by Gasteiger charge is -2.11. The molecule has 0 aliphatic carbocycles. The number of benzene rings is 2. The van der Waals surface area contributed by atoms with Gasteiger partial charge in [0.2, 0.25) is 0 Å². The Morgan fingerprint density at radius 3 is 2.66 bits per heavy atom. The van der Waals surface area contributed by atoms with Crippen LogP contribution in [0.25, 0.3) is 0 Å². The Balaban J connectivity index is 1.81. The Bertz CT molecular complexity index is 1150. The van der Waals surface area contributed by atoms with E-state index in [-0.39, 0.29) is 33.5 Å². The van der Waals surface area contributed by atoms with Crippen LogP contribution < -0.4 is 9.46 Å². The summed E-state index contributed by atoms with van der Waals surface area (Å²) in [6.07, 6.45) is 1.65. The lowest BCUT2D eigenvalue weighted by atomic mass is 10.2. The number of hydrogen-bond acceptors (Lipinski definition) is 6. The normalized spacial score (nSPS) is 11.1. The third kappa shape index (κ3) is 5.01. The molecule has 1 N–H and O–H groups in total. The molecule has 0 aliphatic heterocycles. The van der Waals surface area contributed by atoms with Crippen molar-refractivity contribution < 1.29 is 18.1 Å². The van der Waals surface area contributed by atoms with Crippen molar-refractivity contribution in [1.82, 2.24) is 4.98 Å². The molecule has 8 nitrogen and oxygen atoms in total. The zero-order valence-electron chi connectivity index (χ0n) is 15.2. The fourth-order valence-corrected chi connectivity index (χ4v) is 3.86. The van der Waals surface area contributed by atoms with Crippen LogP contribution in [-0.2, 0) is 16.6 Å². The summed E-state index contributed by atoms with van der Waals surface area (Å²) in [5, 5.41) is 11.1. The first-order chi connectivity index (χ1) is 13.8. The second-order valence-corrected chi connectivity index (χ2v) is 8.14. The fraction of sp³-hybridized carbons (Fsp3) is 0.105. The monoisotopic (exact) mass is 433 g/mol. The summed E-state index contributed by atoms with van der Waals surface area (Å²) in [6, 6.07) is 13.9. The maximum absolute atomic E-state index is 12.7. The topological polar surface area (TPSA) is 111 Å². The van der Waals surface area contributed by atoms with Gasteiger partial charge in [0.1, 0.15) is 12.4 Å². The molecule has 0 aliphatic rings. The molecule has 3 rings (SSSR count). The second-order valence-electron chi connectivity index (χ2n) is 6.05. The molecule has 0 unspecified atom stereocenters. The number of nitrogens with one attached hydrogen (secondary N) is 1. The summed E-state index contributed by atoms with van der Waals surface area (Å²) < 4.78 is 33.4. The van der Waals surface area contributed by atoms with Crippen LogP contribution >= 0.6 is 11.6 Å². The number of nitrogens with zero attached hydrogens (tertiary/aromatic N) is 2. The summed E-state index contributed by atoms with van der Waals surface area (Å²) in [6.45, 7) is 1.67. The number of pyridine rings is 1. The molecule has 0 saturated heterocycles. The molecule has 0 amide bonds. The lowest BCUT2D eigenvalue weighted by molar-refractivity contribution is -0.385. The number of nitro benzene ring substituents is 1. The van der Waals surface area contributed by atoms with Gasteiger partial charge in [0.15, 0.2) is 0 Å². The van der Waals surface area contributed by atoms with E-state index < -0.39 is 14.9 Å². The minimum absolute atomic E-state index is 0.00739. The van der Waals surface area contributed by atoms with Crippen LogP contribution in [0.1, 0.15) is 11.3 Å². The van der Waals surface area contributed by atoms with E-state index in [0.717, 1.165) is 11.8 Å². The Hall–Kier alpha value is -3.17. The van der Waals surface area contributed by atoms with Crippen LogP contribution in [0.15, 0.2) is 65.7 Å². The lowest BCUT2D eigenvalue weighted by Crippen LogP contribution is -2.13. The average Bonchev–Trinajstić information content (AvgIpc) is 2.69. The van der Waals surface area contributed by atoms with Gasteiger partial charge < -0.3 is 4.74 Å². The van der Waals surface area contributed by atoms with E-state index in [4.69, 9.17) is 16.3 Å². The molecular formula is C19H16ClN3O5S. The van der Waals surface area contributed by atoms with Gasteiger partial charge in [-0.2, -0.15) is 0 Å². The van der Waals surface area contributed by atoms with Crippen LogP contribution in [0.2, 0.25) is 5.02 Å². The van der Waals surface area contributed by atoms with E-state index in [9.17, 15) is 18.5 Å². The number of halogens is 1. The maximum atomic E-state index is 12.7. The number of ether oxygens (including phenoxy) is 1. The van der Waals surface area contributed by atoms with Gasteiger partial charge in [-0.1, -0.05) is 23.7 Å². The number of anilines is 1. The number of rotatable bonds is 7. The maximum Gasteiger partial charge on any atom is 0.275 e. The molecule has 10 heteroatoms. The summed E-state index contributed by atoms with van der Waals surface area (Å²) in [5.74, 6) is 0.434. The number of nitro groups is 1. The molecule has 0 atom stereocenters. The van der Waals surface area contributed by atoms with E-state index in [2.05, 4.69) is 9.71 Å². The summed E-state index contributed by atoms with van der Waals surface area (Å²) in [7, 11) is -4.10. The highest BCUT2D eigenvalue weighted by molar-refractivity contribution is 7.92. The largest absolute Gasteiger partial charge is 0.487 e. The van der Waals surface area contributed by atoms with E-state index in [0.29, 0.717) is 5.75 Å². The third-order valence-electron chi connectivity index (χ3n) is 4.00. The van der Waals surface area contributed by atoms with Crippen molar-refractivity contribution in [1.29, 1.82) is 0 Å². The molecule has 29 heavy (non-hydrogen) atoms. The van der Waals surface area contributed by atoms with Crippen molar-refractivity contribution in [2.45, 2.75) is 18.4 Å². The highest BCUT2D eigenvalue weighted by Gasteiger charge is 2.22. The zero-order valence-corrected chi connectivity index (χ0v) is 16.8. The molecule has 150 valence electrons. The average molecular weight is 434 g/mol. The van der Waals surface area contributed by atoms with Crippen molar-refractivity contribution in [3.8, 4) is 5.75 Å². The zero-order chi connectivity index (χ0) is 21.0. The van der Waals surface area contributed by atoms with Crippen LogP contribution in [0, 0.1) is 17.0 Å². The summed E-state index contributed by atoms with van der Waals surface area (Å²) in [4.78, 5) is 14.3. The molecule has 0 fully saturated rings. The van der Waals surface area contributed by atoms with E-state index >= 15 is 0 Å². The van der Waals surface area contributed by atoms with Crippen molar-refractivity contribution >= 4 is 33.0 Å². The van der Waals surface area contributed by atoms with Gasteiger partial charge >= 0.3 is 0 Å². The molecule has 0 bridgehead atoms. The second kappa shape index (κ2) is 8.46. The highest BCUT2D eigenvalue weighted by Crippen LogP contribution is 2.30. The molecule has 3 aromatic rings. The molecule has 2 aromatic carbocycles. The van der Waals surface area contributed by atoms with E-state index in [1.807, 2.05) is 6.07 Å². The first kappa shape index (κ1) is 20.6. The Kier molecular flexibility index (Phi) is 6.00. The minimum atomic E-state index is -4.10. The standard InChI is InChI=1S/C19H16ClN3O5S/c1-13-18(20)10-17(11-19(13)23(24)25)29(26,27)22-14-6-4-7-16(9-14)28-12-15-5-2-3-8-21-15/h2-11,22H,12H2,1H3. The number of aromatic nitrogens is 1.